The maximum absolute atomic E-state index is 3.83. The van der Waals surface area contributed by atoms with Crippen molar-refractivity contribution in [1.82, 2.24) is 5.32 Å². The van der Waals surface area contributed by atoms with Crippen LogP contribution in [0.2, 0.25) is 0 Å². The first-order valence-electron chi connectivity index (χ1n) is 7.18. The first kappa shape index (κ1) is 14.1. The zero-order chi connectivity index (χ0) is 13.0. The van der Waals surface area contributed by atoms with Gasteiger partial charge < -0.3 is 5.32 Å². The normalized spacial score (nSPS) is 26.6. The highest BCUT2D eigenvalue weighted by atomic mass is 79.9. The number of halogens is 1. The average Bonchev–Trinajstić information content (AvgIpc) is 2.56. The third-order valence-corrected chi connectivity index (χ3v) is 4.72. The summed E-state index contributed by atoms with van der Waals surface area (Å²) in [6, 6.07) is 9.81. The lowest BCUT2D eigenvalue weighted by molar-refractivity contribution is 0.330. The van der Waals surface area contributed by atoms with Gasteiger partial charge in [0.25, 0.3) is 0 Å². The highest BCUT2D eigenvalue weighted by Crippen LogP contribution is 2.25. The van der Waals surface area contributed by atoms with E-state index in [1.54, 1.807) is 0 Å². The Morgan fingerprint density at radius 3 is 2.50 bits per heavy atom. The Hall–Kier alpha value is -0.340. The van der Waals surface area contributed by atoms with E-state index < -0.39 is 0 Å². The van der Waals surface area contributed by atoms with Gasteiger partial charge in [-0.2, -0.15) is 0 Å². The molecule has 0 aromatic heterocycles. The monoisotopic (exact) mass is 309 g/mol. The van der Waals surface area contributed by atoms with Crippen molar-refractivity contribution in [2.75, 3.05) is 0 Å². The molecule has 1 fully saturated rings. The van der Waals surface area contributed by atoms with Gasteiger partial charge in [0.15, 0.2) is 0 Å². The van der Waals surface area contributed by atoms with E-state index in [-0.39, 0.29) is 0 Å². The molecule has 2 rings (SSSR count). The summed E-state index contributed by atoms with van der Waals surface area (Å²) in [7, 11) is 0. The Bertz CT molecular complexity index is 360. The summed E-state index contributed by atoms with van der Waals surface area (Å²) in [5.41, 5.74) is 1.38. The van der Waals surface area contributed by atoms with Gasteiger partial charge in [-0.25, -0.2) is 0 Å². The minimum Gasteiger partial charge on any atom is -0.307 e. The van der Waals surface area contributed by atoms with Crippen molar-refractivity contribution in [2.45, 2.75) is 58.0 Å². The van der Waals surface area contributed by atoms with Gasteiger partial charge in [0, 0.05) is 16.6 Å². The lowest BCUT2D eigenvalue weighted by atomic mass is 9.95. The summed E-state index contributed by atoms with van der Waals surface area (Å²) in [5.74, 6) is 0.811. The van der Waals surface area contributed by atoms with Crippen LogP contribution in [0.5, 0.6) is 0 Å². The van der Waals surface area contributed by atoms with E-state index in [9.17, 15) is 0 Å². The minimum absolute atomic E-state index is 0.448. The van der Waals surface area contributed by atoms with Crippen LogP contribution in [0, 0.1) is 5.92 Å². The molecule has 18 heavy (non-hydrogen) atoms. The van der Waals surface area contributed by atoms with Crippen LogP contribution in [-0.2, 0) is 0 Å². The van der Waals surface area contributed by atoms with Crippen molar-refractivity contribution in [3.8, 4) is 0 Å². The molecule has 0 radical (unpaired) electrons. The molecule has 0 amide bonds. The second-order valence-electron chi connectivity index (χ2n) is 5.66. The lowest BCUT2D eigenvalue weighted by Crippen LogP contribution is -2.36. The summed E-state index contributed by atoms with van der Waals surface area (Å²) < 4.78 is 1.15. The Morgan fingerprint density at radius 1 is 1.11 bits per heavy atom. The number of nitrogens with one attached hydrogen (secondary N) is 1. The molecule has 1 N–H and O–H groups in total. The zero-order valence-electron chi connectivity index (χ0n) is 11.5. The predicted octanol–water partition coefficient (Wildman–Crippen LogP) is 5.07. The summed E-state index contributed by atoms with van der Waals surface area (Å²) in [4.78, 5) is 0. The van der Waals surface area contributed by atoms with Gasteiger partial charge in [0.05, 0.1) is 0 Å². The number of hydrogen-bond donors (Lipinski definition) is 1. The number of hydrogen-bond acceptors (Lipinski definition) is 1. The van der Waals surface area contributed by atoms with E-state index in [1.807, 2.05) is 0 Å². The molecule has 0 saturated heterocycles. The van der Waals surface area contributed by atoms with E-state index in [4.69, 9.17) is 0 Å². The van der Waals surface area contributed by atoms with Crippen molar-refractivity contribution in [3.63, 3.8) is 0 Å². The first-order valence-corrected chi connectivity index (χ1v) is 7.97. The van der Waals surface area contributed by atoms with Crippen molar-refractivity contribution in [1.29, 1.82) is 0 Å². The number of rotatable bonds is 3. The largest absolute Gasteiger partial charge is 0.307 e. The van der Waals surface area contributed by atoms with Gasteiger partial charge >= 0.3 is 0 Å². The van der Waals surface area contributed by atoms with E-state index >= 15 is 0 Å². The van der Waals surface area contributed by atoms with Crippen LogP contribution in [0.25, 0.3) is 0 Å². The molecule has 1 aliphatic rings. The maximum atomic E-state index is 3.83. The second kappa shape index (κ2) is 6.72. The summed E-state index contributed by atoms with van der Waals surface area (Å²) in [6.07, 6.45) is 6.92. The highest BCUT2D eigenvalue weighted by molar-refractivity contribution is 9.10. The molecule has 0 aliphatic heterocycles. The Balaban J connectivity index is 1.97. The lowest BCUT2D eigenvalue weighted by Gasteiger charge is -2.27. The van der Waals surface area contributed by atoms with Crippen LogP contribution in [-0.4, -0.2) is 6.04 Å². The molecule has 0 heterocycles. The quantitative estimate of drug-likeness (QED) is 0.769. The smallest absolute Gasteiger partial charge is 0.0294 e. The third kappa shape index (κ3) is 3.83. The van der Waals surface area contributed by atoms with Gasteiger partial charge in [-0.3, -0.25) is 0 Å². The fourth-order valence-electron chi connectivity index (χ4n) is 2.91. The molecule has 0 bridgehead atoms. The zero-order valence-corrected chi connectivity index (χ0v) is 13.0. The summed E-state index contributed by atoms with van der Waals surface area (Å²) >= 11 is 3.49. The van der Waals surface area contributed by atoms with Crippen LogP contribution in [0.3, 0.4) is 0 Å². The first-order chi connectivity index (χ1) is 8.66. The van der Waals surface area contributed by atoms with Gasteiger partial charge in [0.2, 0.25) is 0 Å². The van der Waals surface area contributed by atoms with Crippen LogP contribution in [0.15, 0.2) is 28.7 Å². The van der Waals surface area contributed by atoms with Gasteiger partial charge in [-0.1, -0.05) is 54.2 Å². The molecular weight excluding hydrogens is 286 g/mol. The predicted molar refractivity (Wildman–Crippen MR) is 81.7 cm³/mol. The maximum Gasteiger partial charge on any atom is 0.0294 e. The Morgan fingerprint density at radius 2 is 1.78 bits per heavy atom. The summed E-state index contributed by atoms with van der Waals surface area (Å²) in [5, 5.41) is 3.83. The average molecular weight is 310 g/mol. The Kier molecular flexibility index (Phi) is 5.25. The molecule has 3 unspecified atom stereocenters. The molecule has 0 spiro atoms. The van der Waals surface area contributed by atoms with Crippen LogP contribution in [0.4, 0.5) is 0 Å². The topological polar surface area (TPSA) is 12.0 Å². The third-order valence-electron chi connectivity index (χ3n) is 4.20. The van der Waals surface area contributed by atoms with Gasteiger partial charge in [-0.05, 0) is 43.4 Å². The van der Waals surface area contributed by atoms with Crippen molar-refractivity contribution >= 4 is 15.9 Å². The molecule has 100 valence electrons. The molecule has 1 saturated carbocycles. The van der Waals surface area contributed by atoms with Crippen molar-refractivity contribution in [2.24, 2.45) is 5.92 Å². The van der Waals surface area contributed by atoms with E-state index in [1.165, 1.54) is 37.7 Å². The highest BCUT2D eigenvalue weighted by Gasteiger charge is 2.21. The van der Waals surface area contributed by atoms with E-state index in [0.29, 0.717) is 12.1 Å². The van der Waals surface area contributed by atoms with Crippen molar-refractivity contribution < 1.29 is 0 Å². The molecule has 1 aromatic carbocycles. The van der Waals surface area contributed by atoms with E-state index in [0.717, 1.165) is 10.4 Å². The SMILES string of the molecule is CC(NC1CCCCCC1C)c1ccc(Br)cc1. The van der Waals surface area contributed by atoms with Crippen LogP contribution >= 0.6 is 15.9 Å². The number of benzene rings is 1. The summed E-state index contributed by atoms with van der Waals surface area (Å²) in [6.45, 7) is 4.68. The molecular formula is C16H24BrN. The fourth-order valence-corrected chi connectivity index (χ4v) is 3.17. The molecule has 2 heteroatoms. The fraction of sp³-hybridized carbons (Fsp3) is 0.625. The molecule has 1 aliphatic carbocycles. The minimum atomic E-state index is 0.448. The van der Waals surface area contributed by atoms with E-state index in [2.05, 4.69) is 59.4 Å². The molecule has 3 atom stereocenters. The van der Waals surface area contributed by atoms with Crippen LogP contribution < -0.4 is 5.32 Å². The second-order valence-corrected chi connectivity index (χ2v) is 6.58. The van der Waals surface area contributed by atoms with Crippen molar-refractivity contribution in [3.05, 3.63) is 34.3 Å². The van der Waals surface area contributed by atoms with Crippen LogP contribution in [0.1, 0.15) is 57.6 Å². The Labute approximate surface area is 119 Å². The van der Waals surface area contributed by atoms with Gasteiger partial charge in [-0.15, -0.1) is 0 Å². The van der Waals surface area contributed by atoms with Gasteiger partial charge in [0.1, 0.15) is 0 Å². The molecule has 1 nitrogen and oxygen atoms in total. The molecule has 1 aromatic rings. The standard InChI is InChI=1S/C16H24BrN/c1-12-6-4-3-5-7-16(12)18-13(2)14-8-10-15(17)11-9-14/h8-13,16,18H,3-7H2,1-2H3.